The summed E-state index contributed by atoms with van der Waals surface area (Å²) in [5.41, 5.74) is 1.54. The Morgan fingerprint density at radius 2 is 1.97 bits per heavy atom. The molecule has 1 aromatic carbocycles. The van der Waals surface area contributed by atoms with E-state index in [0.717, 1.165) is 47.2 Å². The van der Waals surface area contributed by atoms with Crippen LogP contribution < -0.4 is 10.1 Å². The minimum atomic E-state index is -1.01. The molecular formula is C26H31N3O3S. The molecule has 1 fully saturated rings. The number of hydrogen-bond acceptors (Lipinski definition) is 4. The smallest absolute Gasteiger partial charge is 0.271 e. The molecule has 7 heteroatoms. The average molecular weight is 466 g/mol. The van der Waals surface area contributed by atoms with E-state index in [0.29, 0.717) is 24.7 Å². The number of benzene rings is 1. The van der Waals surface area contributed by atoms with E-state index in [1.54, 1.807) is 23.3 Å². The summed E-state index contributed by atoms with van der Waals surface area (Å²) >= 11 is 1.62. The lowest BCUT2D eigenvalue weighted by molar-refractivity contribution is -0.134. The molecule has 174 valence electrons. The quantitative estimate of drug-likeness (QED) is 0.588. The van der Waals surface area contributed by atoms with Crippen LogP contribution in [0.5, 0.6) is 5.75 Å². The summed E-state index contributed by atoms with van der Waals surface area (Å²) in [6.45, 7) is 4.92. The monoisotopic (exact) mass is 465 g/mol. The van der Waals surface area contributed by atoms with Crippen molar-refractivity contribution in [1.82, 2.24) is 14.8 Å². The molecule has 3 heterocycles. The number of aromatic nitrogens is 1. The van der Waals surface area contributed by atoms with E-state index >= 15 is 0 Å². The van der Waals surface area contributed by atoms with Crippen LogP contribution in [0.3, 0.4) is 0 Å². The fourth-order valence-corrected chi connectivity index (χ4v) is 6.09. The maximum atomic E-state index is 13.8. The molecular weight excluding hydrogens is 434 g/mol. The number of para-hydroxylation sites is 1. The second-order valence-electron chi connectivity index (χ2n) is 9.69. The maximum Gasteiger partial charge on any atom is 0.271 e. The Balaban J connectivity index is 1.52. The number of carbonyl (C=O) groups excluding carboxylic acids is 2. The Bertz CT molecular complexity index is 1190. The van der Waals surface area contributed by atoms with Gasteiger partial charge in [-0.25, -0.2) is 0 Å². The zero-order valence-electron chi connectivity index (χ0n) is 19.5. The fourth-order valence-electron chi connectivity index (χ4n) is 5.27. The van der Waals surface area contributed by atoms with E-state index in [9.17, 15) is 9.59 Å². The van der Waals surface area contributed by atoms with Crippen molar-refractivity contribution < 1.29 is 14.3 Å². The summed E-state index contributed by atoms with van der Waals surface area (Å²) in [6.07, 6.45) is 4.24. The molecule has 1 unspecified atom stereocenters. The topological polar surface area (TPSA) is 63.6 Å². The predicted octanol–water partition coefficient (Wildman–Crippen LogP) is 4.82. The molecule has 0 radical (unpaired) electrons. The van der Waals surface area contributed by atoms with Crippen molar-refractivity contribution in [3.8, 4) is 5.75 Å². The minimum absolute atomic E-state index is 0.0759. The highest BCUT2D eigenvalue weighted by Crippen LogP contribution is 2.36. The van der Waals surface area contributed by atoms with Gasteiger partial charge in [0.25, 0.3) is 5.91 Å². The van der Waals surface area contributed by atoms with E-state index in [4.69, 9.17) is 4.74 Å². The largest absolute Gasteiger partial charge is 0.496 e. The number of rotatable bonds is 5. The minimum Gasteiger partial charge on any atom is -0.496 e. The van der Waals surface area contributed by atoms with Gasteiger partial charge in [-0.05, 0) is 62.1 Å². The Morgan fingerprint density at radius 1 is 1.21 bits per heavy atom. The van der Waals surface area contributed by atoms with E-state index < -0.39 is 5.54 Å². The van der Waals surface area contributed by atoms with Gasteiger partial charge in [0, 0.05) is 11.6 Å². The van der Waals surface area contributed by atoms with Crippen LogP contribution in [0.4, 0.5) is 0 Å². The zero-order chi connectivity index (χ0) is 23.2. The van der Waals surface area contributed by atoms with Gasteiger partial charge in [0.1, 0.15) is 17.0 Å². The molecule has 1 saturated carbocycles. The summed E-state index contributed by atoms with van der Waals surface area (Å²) in [5.74, 6) is 1.23. The number of nitrogens with zero attached hydrogens (tertiary/aromatic N) is 2. The fraction of sp³-hybridized carbons (Fsp3) is 0.462. The Labute approximate surface area is 198 Å². The van der Waals surface area contributed by atoms with Gasteiger partial charge in [0.05, 0.1) is 30.4 Å². The molecule has 0 saturated heterocycles. The van der Waals surface area contributed by atoms with Crippen molar-refractivity contribution in [2.45, 2.75) is 64.2 Å². The average Bonchev–Trinajstić information content (AvgIpc) is 3.41. The number of methoxy groups -OCH3 is 1. The number of hydrogen-bond donors (Lipinski definition) is 1. The first kappa shape index (κ1) is 22.0. The summed E-state index contributed by atoms with van der Waals surface area (Å²) in [5, 5.41) is 5.34. The highest BCUT2D eigenvalue weighted by Gasteiger charge is 2.48. The van der Waals surface area contributed by atoms with Gasteiger partial charge in [-0.2, -0.15) is 0 Å². The normalized spacial score (nSPS) is 25.2. The van der Waals surface area contributed by atoms with Gasteiger partial charge in [-0.3, -0.25) is 9.59 Å². The predicted molar refractivity (Wildman–Crippen MR) is 131 cm³/mol. The highest BCUT2D eigenvalue weighted by molar-refractivity contribution is 7.17. The van der Waals surface area contributed by atoms with Crippen LogP contribution in [0.1, 0.15) is 55.6 Å². The van der Waals surface area contributed by atoms with Crippen LogP contribution in [0.2, 0.25) is 0 Å². The third-order valence-electron chi connectivity index (χ3n) is 7.41. The van der Waals surface area contributed by atoms with E-state index in [1.807, 2.05) is 53.3 Å². The Kier molecular flexibility index (Phi) is 5.69. The summed E-state index contributed by atoms with van der Waals surface area (Å²) < 4.78 is 8.64. The summed E-state index contributed by atoms with van der Waals surface area (Å²) in [6, 6.07) is 11.9. The first-order valence-electron chi connectivity index (χ1n) is 11.7. The van der Waals surface area contributed by atoms with Crippen molar-refractivity contribution in [2.24, 2.45) is 5.92 Å². The highest BCUT2D eigenvalue weighted by atomic mass is 32.1. The zero-order valence-corrected chi connectivity index (χ0v) is 20.3. The second-order valence-corrected chi connectivity index (χ2v) is 10.6. The van der Waals surface area contributed by atoms with E-state index in [-0.39, 0.29) is 17.9 Å². The molecule has 33 heavy (non-hydrogen) atoms. The van der Waals surface area contributed by atoms with Crippen LogP contribution in [-0.4, -0.2) is 40.0 Å². The van der Waals surface area contributed by atoms with Crippen LogP contribution in [0, 0.1) is 5.92 Å². The van der Waals surface area contributed by atoms with Gasteiger partial charge < -0.3 is 19.5 Å². The van der Waals surface area contributed by atoms with Gasteiger partial charge in [-0.1, -0.05) is 25.1 Å². The molecule has 5 rings (SSSR count). The Morgan fingerprint density at radius 3 is 2.73 bits per heavy atom. The molecule has 1 atom stereocenters. The number of nitrogens with one attached hydrogen (secondary N) is 1. The third-order valence-corrected chi connectivity index (χ3v) is 8.26. The number of fused-ring (bicyclic) bond motifs is 3. The summed E-state index contributed by atoms with van der Waals surface area (Å²) in [7, 11) is 1.63. The van der Waals surface area contributed by atoms with Gasteiger partial charge in [-0.15, -0.1) is 11.3 Å². The number of amides is 2. The first-order chi connectivity index (χ1) is 15.9. The molecule has 1 aliphatic heterocycles. The standard InChI is InChI=1S/C26H31N3O3S/c1-17-8-10-19(11-9-17)27-25(31)26(2)16-28-20-12-13-33-23(20)14-21(28)24(30)29(26)15-18-6-4-5-7-22(18)32-3/h4-7,12-14,17,19H,8-11,15-16H2,1-3H3,(H,27,31). The van der Waals surface area contributed by atoms with Crippen molar-refractivity contribution in [2.75, 3.05) is 7.11 Å². The van der Waals surface area contributed by atoms with Crippen LogP contribution in [-0.2, 0) is 17.9 Å². The molecule has 1 N–H and O–H groups in total. The lowest BCUT2D eigenvalue weighted by atomic mass is 9.86. The molecule has 0 bridgehead atoms. The second kappa shape index (κ2) is 8.52. The lowest BCUT2D eigenvalue weighted by Gasteiger charge is -2.45. The van der Waals surface area contributed by atoms with Crippen molar-refractivity contribution in [1.29, 1.82) is 0 Å². The van der Waals surface area contributed by atoms with E-state index in [2.05, 4.69) is 12.2 Å². The first-order valence-corrected chi connectivity index (χ1v) is 12.6. The summed E-state index contributed by atoms with van der Waals surface area (Å²) in [4.78, 5) is 29.4. The SMILES string of the molecule is COc1ccccc1CN1C(=O)c2cc3sccc3n2CC1(C)C(=O)NC1CCC(C)CC1. The molecule has 1 aliphatic carbocycles. The number of thiophene rings is 1. The molecule has 2 aromatic heterocycles. The molecule has 2 aliphatic rings. The van der Waals surface area contributed by atoms with Crippen molar-refractivity contribution in [3.05, 3.63) is 53.0 Å². The Hall–Kier alpha value is -2.80. The van der Waals surface area contributed by atoms with Gasteiger partial charge in [0.15, 0.2) is 0 Å². The molecule has 6 nitrogen and oxygen atoms in total. The molecule has 3 aromatic rings. The van der Waals surface area contributed by atoms with Crippen LogP contribution in [0.25, 0.3) is 10.2 Å². The third kappa shape index (κ3) is 3.82. The van der Waals surface area contributed by atoms with Gasteiger partial charge in [0.2, 0.25) is 5.91 Å². The van der Waals surface area contributed by atoms with Crippen molar-refractivity contribution >= 4 is 33.4 Å². The van der Waals surface area contributed by atoms with Crippen molar-refractivity contribution in [3.63, 3.8) is 0 Å². The van der Waals surface area contributed by atoms with Crippen LogP contribution >= 0.6 is 11.3 Å². The van der Waals surface area contributed by atoms with Gasteiger partial charge >= 0.3 is 0 Å². The number of ether oxygens (including phenoxy) is 1. The molecule has 0 spiro atoms. The van der Waals surface area contributed by atoms with E-state index in [1.165, 1.54) is 0 Å². The molecule has 2 amide bonds. The van der Waals surface area contributed by atoms with Crippen LogP contribution in [0.15, 0.2) is 41.8 Å². The number of carbonyl (C=O) groups is 2. The maximum absolute atomic E-state index is 13.8. The lowest BCUT2D eigenvalue weighted by Crippen LogP contribution is -2.64.